The molecule has 0 radical (unpaired) electrons. The van der Waals surface area contributed by atoms with Crippen molar-refractivity contribution in [3.05, 3.63) is 47.7 Å². The highest BCUT2D eigenvalue weighted by Crippen LogP contribution is 2.30. The molecule has 0 spiro atoms. The highest BCUT2D eigenvalue weighted by Gasteiger charge is 2.48. The number of allylic oxidation sites excluding steroid dienone is 1. The van der Waals surface area contributed by atoms with E-state index in [-0.39, 0.29) is 12.5 Å². The number of hydrogen-bond acceptors (Lipinski definition) is 4. The van der Waals surface area contributed by atoms with Crippen LogP contribution in [0.2, 0.25) is 0 Å². The minimum Gasteiger partial charge on any atom is -0.330 e. The summed E-state index contributed by atoms with van der Waals surface area (Å²) in [4.78, 5) is 46.3. The predicted octanol–water partition coefficient (Wildman–Crippen LogP) is 1.96. The molecule has 2 saturated heterocycles. The number of benzene rings is 1. The number of carbonyl (C=O) groups excluding carboxylic acids is 3. The third-order valence-electron chi connectivity index (χ3n) is 6.09. The van der Waals surface area contributed by atoms with E-state index in [2.05, 4.69) is 4.99 Å². The molecule has 0 saturated carbocycles. The summed E-state index contributed by atoms with van der Waals surface area (Å²) in [6.07, 6.45) is -1.19. The maximum Gasteiger partial charge on any atom is 0.416 e. The molecule has 2 fully saturated rings. The first kappa shape index (κ1) is 22.7. The third kappa shape index (κ3) is 4.27. The van der Waals surface area contributed by atoms with Gasteiger partial charge in [-0.3, -0.25) is 19.4 Å². The van der Waals surface area contributed by atoms with Crippen molar-refractivity contribution >= 4 is 29.4 Å². The molecule has 4 amide bonds. The lowest BCUT2D eigenvalue weighted by Crippen LogP contribution is -2.61. The van der Waals surface area contributed by atoms with E-state index in [1.807, 2.05) is 4.58 Å². The van der Waals surface area contributed by atoms with E-state index in [9.17, 15) is 27.6 Å². The molecular weight excluding hydrogens is 439 g/mol. The van der Waals surface area contributed by atoms with E-state index < -0.39 is 29.6 Å². The number of imide groups is 1. The molecule has 1 aromatic carbocycles. The number of amides is 4. The Labute approximate surface area is 188 Å². The Morgan fingerprint density at radius 1 is 1.15 bits per heavy atom. The van der Waals surface area contributed by atoms with Crippen molar-refractivity contribution < 1.29 is 32.1 Å². The second kappa shape index (κ2) is 8.45. The molecule has 11 heteroatoms. The van der Waals surface area contributed by atoms with Crippen molar-refractivity contribution in [3.8, 4) is 0 Å². The number of fused-ring (bicyclic) bond motifs is 1. The second-order valence-corrected chi connectivity index (χ2v) is 8.11. The summed E-state index contributed by atoms with van der Waals surface area (Å²) in [5.74, 6) is -0.996. The molecule has 0 N–H and O–H groups in total. The lowest BCUT2D eigenvalue weighted by molar-refractivity contribution is -0.538. The van der Waals surface area contributed by atoms with Crippen LogP contribution in [0.25, 0.3) is 0 Å². The van der Waals surface area contributed by atoms with Crippen LogP contribution in [0.15, 0.2) is 41.5 Å². The minimum absolute atomic E-state index is 0.0112. The third-order valence-corrected chi connectivity index (χ3v) is 6.09. The smallest absolute Gasteiger partial charge is 0.330 e. The van der Waals surface area contributed by atoms with Crippen LogP contribution in [0.4, 0.5) is 18.0 Å². The van der Waals surface area contributed by atoms with E-state index in [1.165, 1.54) is 31.0 Å². The van der Waals surface area contributed by atoms with Gasteiger partial charge in [-0.25, -0.2) is 14.4 Å². The maximum atomic E-state index is 13.4. The molecule has 0 aliphatic carbocycles. The summed E-state index contributed by atoms with van der Waals surface area (Å²) in [7, 11) is 1.52. The van der Waals surface area contributed by atoms with Crippen molar-refractivity contribution in [2.24, 2.45) is 10.9 Å². The number of aliphatic imine (C=N–C) groups is 1. The van der Waals surface area contributed by atoms with Crippen LogP contribution in [0.1, 0.15) is 18.1 Å². The van der Waals surface area contributed by atoms with Crippen LogP contribution in [0.5, 0.6) is 0 Å². The Morgan fingerprint density at radius 3 is 2.36 bits per heavy atom. The number of piperazine rings is 1. The van der Waals surface area contributed by atoms with Crippen molar-refractivity contribution in [1.29, 1.82) is 0 Å². The van der Waals surface area contributed by atoms with Crippen LogP contribution < -0.4 is 0 Å². The van der Waals surface area contributed by atoms with Gasteiger partial charge in [0.25, 0.3) is 5.91 Å². The van der Waals surface area contributed by atoms with Crippen molar-refractivity contribution in [1.82, 2.24) is 14.7 Å². The van der Waals surface area contributed by atoms with Crippen molar-refractivity contribution in [2.75, 3.05) is 33.2 Å². The first-order valence-corrected chi connectivity index (χ1v) is 10.4. The summed E-state index contributed by atoms with van der Waals surface area (Å²) in [5, 5.41) is 0. The number of urea groups is 1. The molecule has 4 rings (SSSR count). The Balaban J connectivity index is 1.61. The van der Waals surface area contributed by atoms with Crippen LogP contribution in [0.3, 0.4) is 0 Å². The van der Waals surface area contributed by atoms with E-state index in [0.29, 0.717) is 43.3 Å². The molecule has 1 aromatic rings. The van der Waals surface area contributed by atoms with Gasteiger partial charge in [-0.15, -0.1) is 0 Å². The predicted molar refractivity (Wildman–Crippen MR) is 112 cm³/mol. The van der Waals surface area contributed by atoms with E-state index in [1.54, 1.807) is 17.2 Å². The molecule has 8 nitrogen and oxygen atoms in total. The highest BCUT2D eigenvalue weighted by molar-refractivity contribution is 6.30. The van der Waals surface area contributed by atoms with Gasteiger partial charge in [-0.2, -0.15) is 13.2 Å². The number of rotatable bonds is 2. The lowest BCUT2D eigenvalue weighted by atomic mass is 9.94. The van der Waals surface area contributed by atoms with Gasteiger partial charge in [0.05, 0.1) is 25.2 Å². The van der Waals surface area contributed by atoms with E-state index in [0.717, 1.165) is 17.0 Å². The molecule has 0 bridgehead atoms. The monoisotopic (exact) mass is 462 g/mol. The number of alkyl halides is 3. The lowest BCUT2D eigenvalue weighted by Gasteiger charge is -2.38. The SMILES string of the molecule is CC(=O)N1CC[N+](=C2C=CN=C3C2C(=O)N(Cc2ccc(C(F)(F)F)cc2)C(=O)N3C)CC1. The van der Waals surface area contributed by atoms with Crippen LogP contribution in [-0.4, -0.2) is 81.9 Å². The Hall–Kier alpha value is -3.50. The summed E-state index contributed by atoms with van der Waals surface area (Å²) in [6.45, 7) is 3.46. The standard InChI is InChI=1S/C22H23F3N5O3/c1-14(31)28-9-11-29(12-10-28)17-7-8-26-19-18(17)20(32)30(21(33)27(19)2)13-15-3-5-16(6-4-15)22(23,24)25/h3-8,18H,9-13H2,1-2H3/q+1. The van der Waals surface area contributed by atoms with Crippen LogP contribution >= 0.6 is 0 Å². The first-order chi connectivity index (χ1) is 15.6. The minimum atomic E-state index is -4.47. The van der Waals surface area contributed by atoms with Crippen molar-refractivity contribution in [3.63, 3.8) is 0 Å². The van der Waals surface area contributed by atoms with Gasteiger partial charge in [-0.05, 0) is 17.7 Å². The maximum absolute atomic E-state index is 13.4. The topological polar surface area (TPSA) is 76.3 Å². The van der Waals surface area contributed by atoms with Gasteiger partial charge in [0, 0.05) is 26.2 Å². The molecule has 1 atom stereocenters. The zero-order valence-corrected chi connectivity index (χ0v) is 18.2. The summed E-state index contributed by atoms with van der Waals surface area (Å²) in [5.41, 5.74) is 0.290. The van der Waals surface area contributed by atoms with Crippen LogP contribution in [0, 0.1) is 5.92 Å². The van der Waals surface area contributed by atoms with Crippen molar-refractivity contribution in [2.45, 2.75) is 19.6 Å². The fourth-order valence-electron chi connectivity index (χ4n) is 4.23. The largest absolute Gasteiger partial charge is 0.416 e. The molecular formula is C22H23F3N5O3+. The van der Waals surface area contributed by atoms with Gasteiger partial charge >= 0.3 is 12.2 Å². The van der Waals surface area contributed by atoms with Gasteiger partial charge < -0.3 is 4.90 Å². The first-order valence-electron chi connectivity index (χ1n) is 10.4. The number of carbonyl (C=O) groups is 3. The molecule has 33 heavy (non-hydrogen) atoms. The van der Waals surface area contributed by atoms with Gasteiger partial charge in [-0.1, -0.05) is 12.1 Å². The zero-order valence-electron chi connectivity index (χ0n) is 18.2. The second-order valence-electron chi connectivity index (χ2n) is 8.11. The number of nitrogens with zero attached hydrogens (tertiary/aromatic N) is 5. The Bertz CT molecular complexity index is 1080. The summed E-state index contributed by atoms with van der Waals surface area (Å²) < 4.78 is 40.6. The average molecular weight is 462 g/mol. The molecule has 3 heterocycles. The van der Waals surface area contributed by atoms with E-state index in [4.69, 9.17) is 0 Å². The molecule has 0 aromatic heterocycles. The zero-order chi connectivity index (χ0) is 23.9. The number of halogens is 3. The number of amidine groups is 1. The quantitative estimate of drug-likeness (QED) is 0.631. The summed E-state index contributed by atoms with van der Waals surface area (Å²) >= 11 is 0. The molecule has 3 aliphatic heterocycles. The fraction of sp³-hybridized carbons (Fsp3) is 0.409. The Morgan fingerprint density at radius 2 is 1.79 bits per heavy atom. The molecule has 174 valence electrons. The van der Waals surface area contributed by atoms with Gasteiger partial charge in [0.2, 0.25) is 5.91 Å². The Kier molecular flexibility index (Phi) is 5.81. The normalized spacial score (nSPS) is 21.4. The van der Waals surface area contributed by atoms with Gasteiger partial charge in [0.15, 0.2) is 24.7 Å². The van der Waals surface area contributed by atoms with E-state index >= 15 is 0 Å². The van der Waals surface area contributed by atoms with Gasteiger partial charge in [0.1, 0.15) is 5.84 Å². The fourth-order valence-corrected chi connectivity index (χ4v) is 4.23. The molecule has 3 aliphatic rings. The summed E-state index contributed by atoms with van der Waals surface area (Å²) in [6, 6.07) is 3.80. The highest BCUT2D eigenvalue weighted by atomic mass is 19.4. The average Bonchev–Trinajstić information content (AvgIpc) is 2.79. The van der Waals surface area contributed by atoms with Crippen LogP contribution in [-0.2, 0) is 22.3 Å². The number of hydrogen-bond donors (Lipinski definition) is 0. The molecule has 1 unspecified atom stereocenters.